The van der Waals surface area contributed by atoms with Crippen LogP contribution in [0, 0.1) is 118 Å². The van der Waals surface area contributed by atoms with Crippen LogP contribution in [-0.2, 0) is 0 Å². The molecule has 0 unspecified atom stereocenters. The molecule has 19 heteroatoms. The van der Waals surface area contributed by atoms with Crippen molar-refractivity contribution in [3.8, 4) is 22.3 Å². The van der Waals surface area contributed by atoms with Gasteiger partial charge in [-0.15, -0.1) is 5.46 Å². The molecule has 0 aliphatic carbocycles. The van der Waals surface area contributed by atoms with Gasteiger partial charge >= 0.3 is 0 Å². The Morgan fingerprint density at radius 1 is 0.314 bits per heavy atom. The van der Waals surface area contributed by atoms with Crippen molar-refractivity contribution < 1.29 is 0 Å². The Bertz CT molecular complexity index is 3400. The predicted octanol–water partition coefficient (Wildman–Crippen LogP) is 3.51. The highest BCUT2D eigenvalue weighted by Gasteiger charge is 2.37. The maximum Gasteiger partial charge on any atom is 0.113 e. The Morgan fingerprint density at radius 3 is 1.07 bits per heavy atom. The molecule has 24 radical (unpaired) electrons. The molecule has 0 N–H and O–H groups in total. The van der Waals surface area contributed by atoms with Gasteiger partial charge in [0.1, 0.15) is 7.85 Å². The minimum Gasteiger partial charge on any atom is -0.111 e. The van der Waals surface area contributed by atoms with E-state index in [-0.39, 0.29) is 0 Å². The summed E-state index contributed by atoms with van der Waals surface area (Å²) in [4.78, 5) is 0. The fraction of sp³-hybridized carbons (Fsp3) is 0.333. The van der Waals surface area contributed by atoms with Crippen molar-refractivity contribution in [1.29, 1.82) is 0 Å². The van der Waals surface area contributed by atoms with E-state index >= 15 is 0 Å². The molecule has 0 saturated heterocycles. The fourth-order valence-electron chi connectivity index (χ4n) is 12.7. The lowest BCUT2D eigenvalue weighted by Crippen LogP contribution is -2.64. The SMILES string of the molecule is [B][B]B([B])B(B([B])[B])c1c(C)c(C)c(B([B])B([B])[B])c2c(-c3c(C)c(C)c(C)c4c(-c5c(C)c(C)c(C)c6c(C)c(C)c(C)c(C)c56)c5c(C)c(C)c(C)c(C)c5c(C)c34)c(B([B])[B])c([B][B])c([B])c12. The van der Waals surface area contributed by atoms with Crippen LogP contribution in [0.25, 0.3) is 65.3 Å². The standard InChI is InChI=1S/C51H51B19/c1-18-20(3)27(10)37-35(24(18)7)26(9)22(5)29(12)39(37)43-38-28(11)21(4)19(2)25(8)36(38)34(17)42-40(43)30(13)23(6)31(14)41(42)44-45-46(47(52)48(63-53)51(44)65(55)56)50(67(69(60)61)70(62)64-54)33(16)32(15)49(45)66(57)68(58)59/h1-17H3. The van der Waals surface area contributed by atoms with Crippen molar-refractivity contribution in [3.05, 3.63) is 94.6 Å². The first kappa shape index (κ1) is 54.6. The van der Waals surface area contributed by atoms with Gasteiger partial charge < -0.3 is 0 Å². The van der Waals surface area contributed by atoms with Gasteiger partial charge in [0.25, 0.3) is 0 Å². The molecule has 7 aromatic rings. The van der Waals surface area contributed by atoms with E-state index < -0.39 is 38.6 Å². The van der Waals surface area contributed by atoms with Gasteiger partial charge in [-0.1, -0.05) is 33.0 Å². The van der Waals surface area contributed by atoms with Crippen molar-refractivity contribution in [2.45, 2.75) is 118 Å². The van der Waals surface area contributed by atoms with E-state index in [4.69, 9.17) is 85.2 Å². The lowest BCUT2D eigenvalue weighted by atomic mass is 8.68. The van der Waals surface area contributed by atoms with Crippen LogP contribution in [0.1, 0.15) is 94.6 Å². The number of fused-ring (bicyclic) bond motifs is 4. The molecule has 312 valence electrons. The lowest BCUT2D eigenvalue weighted by Gasteiger charge is -2.36. The minimum absolute atomic E-state index is 0.323. The van der Waals surface area contributed by atoms with Gasteiger partial charge in [-0.05, 0) is 266 Å². The van der Waals surface area contributed by atoms with Crippen LogP contribution in [0.3, 0.4) is 0 Å². The van der Waals surface area contributed by atoms with Crippen molar-refractivity contribution in [3.63, 3.8) is 0 Å². The molecule has 0 aliphatic rings. The second kappa shape index (κ2) is 19.6. The topological polar surface area (TPSA) is 0 Å². The van der Waals surface area contributed by atoms with Crippen LogP contribution in [0.4, 0.5) is 0 Å². The van der Waals surface area contributed by atoms with Crippen LogP contribution >= 0.6 is 0 Å². The first-order valence-corrected chi connectivity index (χ1v) is 24.6. The summed E-state index contributed by atoms with van der Waals surface area (Å²) in [5.74, 6) is 0. The van der Waals surface area contributed by atoms with Gasteiger partial charge in [0.15, 0.2) is 0 Å². The molecule has 0 nitrogen and oxygen atoms in total. The van der Waals surface area contributed by atoms with Crippen LogP contribution < -0.4 is 27.3 Å². The third-order valence-electron chi connectivity index (χ3n) is 17.8. The third kappa shape index (κ3) is 7.73. The Labute approximate surface area is 440 Å². The summed E-state index contributed by atoms with van der Waals surface area (Å²) in [5, 5.41) is 8.54. The quantitative estimate of drug-likeness (QED) is 0.146. The number of hydrogen-bond donors (Lipinski definition) is 0. The van der Waals surface area contributed by atoms with E-state index in [1.165, 1.54) is 114 Å². The zero-order valence-electron chi connectivity index (χ0n) is 45.0. The third-order valence-corrected chi connectivity index (χ3v) is 17.8. The van der Waals surface area contributed by atoms with Gasteiger partial charge in [0, 0.05) is 104 Å². The largest absolute Gasteiger partial charge is 0.113 e. The molecule has 7 rings (SSSR count). The number of rotatable bonds is 10. The Balaban J connectivity index is 2.01. The molecule has 0 amide bonds. The van der Waals surface area contributed by atoms with Gasteiger partial charge in [0.2, 0.25) is 0 Å². The molecule has 0 heterocycles. The van der Waals surface area contributed by atoms with Crippen molar-refractivity contribution in [1.82, 2.24) is 0 Å². The summed E-state index contributed by atoms with van der Waals surface area (Å²) in [5.41, 5.74) is 27.0. The molecule has 0 fully saturated rings. The minimum atomic E-state index is -1.07. The van der Waals surface area contributed by atoms with E-state index in [2.05, 4.69) is 104 Å². The lowest BCUT2D eigenvalue weighted by molar-refractivity contribution is 1.22. The smallest absolute Gasteiger partial charge is 0.111 e. The van der Waals surface area contributed by atoms with E-state index in [1.54, 1.807) is 0 Å². The molecule has 0 bridgehead atoms. The van der Waals surface area contributed by atoms with Gasteiger partial charge in [-0.3, -0.25) is 0 Å². The van der Waals surface area contributed by atoms with Crippen LogP contribution in [0.5, 0.6) is 0 Å². The monoisotopic (exact) mass is 873 g/mol. The highest BCUT2D eigenvalue weighted by Crippen LogP contribution is 2.53. The summed E-state index contributed by atoms with van der Waals surface area (Å²) in [6.45, 7) is 35.3. The van der Waals surface area contributed by atoms with Crippen LogP contribution in [0.2, 0.25) is 0 Å². The molecule has 70 heavy (non-hydrogen) atoms. The van der Waals surface area contributed by atoms with Crippen molar-refractivity contribution in [2.24, 2.45) is 0 Å². The second-order valence-corrected chi connectivity index (χ2v) is 20.9. The first-order valence-electron chi connectivity index (χ1n) is 24.6. The maximum absolute atomic E-state index is 7.49. The van der Waals surface area contributed by atoms with Gasteiger partial charge in [-0.2, -0.15) is 0 Å². The Hall–Kier alpha value is -3.19. The average Bonchev–Trinajstić information content (AvgIpc) is 3.31. The summed E-state index contributed by atoms with van der Waals surface area (Å²) in [7, 11) is 78.5. The highest BCUT2D eigenvalue weighted by atomic mass is 14.3. The normalized spacial score (nSPS) is 11.6. The van der Waals surface area contributed by atoms with Gasteiger partial charge in [-0.25, -0.2) is 0 Å². The Morgan fingerprint density at radius 2 is 0.671 bits per heavy atom. The Kier molecular flexibility index (Phi) is 15.3. The van der Waals surface area contributed by atoms with Gasteiger partial charge in [0.05, 0.1) is 26.7 Å². The zero-order valence-corrected chi connectivity index (χ0v) is 45.0. The van der Waals surface area contributed by atoms with E-state index in [1.807, 2.05) is 13.8 Å². The van der Waals surface area contributed by atoms with Crippen molar-refractivity contribution >= 4 is 208 Å². The first-order chi connectivity index (χ1) is 32.6. The van der Waals surface area contributed by atoms with Crippen LogP contribution in [0.15, 0.2) is 0 Å². The maximum atomic E-state index is 7.49. The second-order valence-electron chi connectivity index (χ2n) is 20.9. The number of aryl methyl sites for hydroxylation is 7. The zero-order chi connectivity index (χ0) is 52.5. The highest BCUT2D eigenvalue weighted by molar-refractivity contribution is 7.87. The molecular formula is C51H51B19. The summed E-state index contributed by atoms with van der Waals surface area (Å²) < 4.78 is 0. The van der Waals surface area contributed by atoms with E-state index in [9.17, 15) is 0 Å². The summed E-state index contributed by atoms with van der Waals surface area (Å²) in [6.07, 6.45) is -2.70. The molecule has 0 saturated carbocycles. The van der Waals surface area contributed by atoms with E-state index in [0.29, 0.717) is 32.6 Å². The van der Waals surface area contributed by atoms with E-state index in [0.717, 1.165) is 55.2 Å². The summed E-state index contributed by atoms with van der Waals surface area (Å²) in [6, 6.07) is 0. The molecule has 0 aromatic heterocycles. The molecule has 7 aromatic carbocycles. The number of hydrogen-bond acceptors (Lipinski definition) is 0. The fourth-order valence-corrected chi connectivity index (χ4v) is 12.7. The number of benzene rings is 7. The van der Waals surface area contributed by atoms with Crippen molar-refractivity contribution in [2.75, 3.05) is 0 Å². The summed E-state index contributed by atoms with van der Waals surface area (Å²) >= 11 is 0. The predicted molar refractivity (Wildman–Crippen MR) is 335 cm³/mol. The molecular weight excluding hydrogens is 818 g/mol. The molecule has 0 atom stereocenters. The van der Waals surface area contributed by atoms with Crippen LogP contribution in [-0.4, -0.2) is 138 Å². The molecule has 0 aliphatic heterocycles. The average molecular weight is 869 g/mol. The molecule has 0 spiro atoms.